The maximum atomic E-state index is 10.6. The van der Waals surface area contributed by atoms with Gasteiger partial charge in [-0.05, 0) is 46.9 Å². The predicted molar refractivity (Wildman–Crippen MR) is 52.4 cm³/mol. The number of alkyl halides is 2. The minimum atomic E-state index is -2.02. The smallest absolute Gasteiger partial charge is 0.334 e. The molecule has 0 aliphatic heterocycles. The Hall–Kier alpha value is -0.440. The minimum absolute atomic E-state index is 0.376. The Morgan fingerprint density at radius 2 is 1.77 bits per heavy atom. The van der Waals surface area contributed by atoms with Gasteiger partial charge >= 0.3 is 4.52 Å². The normalized spacial score (nSPS) is 11.0. The highest BCUT2D eigenvalue weighted by Crippen LogP contribution is 2.28. The van der Waals surface area contributed by atoms with Crippen molar-refractivity contribution in [3.05, 3.63) is 30.3 Å². The van der Waals surface area contributed by atoms with Crippen LogP contribution in [-0.4, -0.2) is 9.76 Å². The highest BCUT2D eigenvalue weighted by molar-refractivity contribution is 6.77. The summed E-state index contributed by atoms with van der Waals surface area (Å²) in [6.45, 7) is 0. The first-order valence-electron chi connectivity index (χ1n) is 3.34. The molecule has 0 unspecified atom stereocenters. The maximum absolute atomic E-state index is 10.6. The third-order valence-electron chi connectivity index (χ3n) is 1.22. The zero-order valence-corrected chi connectivity index (χ0v) is 8.60. The molecule has 0 atom stereocenters. The van der Waals surface area contributed by atoms with Crippen molar-refractivity contribution >= 4 is 40.0 Å². The minimum Gasteiger partial charge on any atom is -0.451 e. The topological polar surface area (TPSA) is 26.3 Å². The number of benzene rings is 1. The largest absolute Gasteiger partial charge is 0.451 e. The Morgan fingerprint density at radius 1 is 1.23 bits per heavy atom. The van der Waals surface area contributed by atoms with E-state index in [2.05, 4.69) is 0 Å². The predicted octanol–water partition coefficient (Wildman–Crippen LogP) is 2.96. The van der Waals surface area contributed by atoms with Gasteiger partial charge in [0.1, 0.15) is 5.75 Å². The average molecular weight is 239 g/mol. The lowest BCUT2D eigenvalue weighted by Crippen LogP contribution is -2.28. The monoisotopic (exact) mass is 238 g/mol. The summed E-state index contributed by atoms with van der Waals surface area (Å²) in [6, 6.07) is 8.45. The number of halogens is 3. The number of carbonyl (C=O) groups excluding carboxylic acids is 1. The van der Waals surface area contributed by atoms with Gasteiger partial charge in [0.2, 0.25) is 0 Å². The van der Waals surface area contributed by atoms with Crippen LogP contribution >= 0.6 is 34.8 Å². The van der Waals surface area contributed by atoms with Crippen molar-refractivity contribution in [2.75, 3.05) is 0 Å². The first-order valence-corrected chi connectivity index (χ1v) is 4.47. The van der Waals surface area contributed by atoms with Gasteiger partial charge in [-0.3, -0.25) is 4.79 Å². The Kier molecular flexibility index (Phi) is 3.42. The summed E-state index contributed by atoms with van der Waals surface area (Å²) in [6.07, 6.45) is 0. The molecule has 1 aromatic rings. The number of hydrogen-bond acceptors (Lipinski definition) is 2. The quantitative estimate of drug-likeness (QED) is 0.599. The van der Waals surface area contributed by atoms with Crippen LogP contribution in [0.4, 0.5) is 0 Å². The summed E-state index contributed by atoms with van der Waals surface area (Å²) < 4.78 is 2.89. The van der Waals surface area contributed by atoms with E-state index >= 15 is 0 Å². The molecule has 0 bridgehead atoms. The van der Waals surface area contributed by atoms with Crippen molar-refractivity contribution in [2.24, 2.45) is 0 Å². The summed E-state index contributed by atoms with van der Waals surface area (Å²) >= 11 is 16.0. The second kappa shape index (κ2) is 4.18. The SMILES string of the molecule is O=C(Cl)C(Cl)(Cl)Oc1ccccc1. The van der Waals surface area contributed by atoms with Gasteiger partial charge in [0, 0.05) is 0 Å². The van der Waals surface area contributed by atoms with Gasteiger partial charge in [0.05, 0.1) is 0 Å². The second-order valence-electron chi connectivity index (χ2n) is 2.21. The molecular formula is C8H5Cl3O2. The zero-order chi connectivity index (χ0) is 9.90. The van der Waals surface area contributed by atoms with Crippen molar-refractivity contribution in [1.82, 2.24) is 0 Å². The molecule has 0 aromatic heterocycles. The van der Waals surface area contributed by atoms with E-state index in [0.29, 0.717) is 5.75 Å². The Balaban J connectivity index is 2.75. The molecule has 5 heteroatoms. The number of rotatable bonds is 3. The van der Waals surface area contributed by atoms with Crippen LogP contribution in [0.2, 0.25) is 0 Å². The zero-order valence-electron chi connectivity index (χ0n) is 6.34. The third-order valence-corrected chi connectivity index (χ3v) is 2.18. The van der Waals surface area contributed by atoms with Crippen molar-refractivity contribution in [1.29, 1.82) is 0 Å². The average Bonchev–Trinajstić information content (AvgIpc) is 2.05. The van der Waals surface area contributed by atoms with Crippen molar-refractivity contribution in [3.63, 3.8) is 0 Å². The number of hydrogen-bond donors (Lipinski definition) is 0. The van der Waals surface area contributed by atoms with E-state index < -0.39 is 9.76 Å². The van der Waals surface area contributed by atoms with Gasteiger partial charge in [-0.25, -0.2) is 0 Å². The molecule has 0 radical (unpaired) electrons. The molecule has 13 heavy (non-hydrogen) atoms. The molecule has 0 spiro atoms. The van der Waals surface area contributed by atoms with Gasteiger partial charge in [-0.15, -0.1) is 0 Å². The number of carbonyl (C=O) groups is 1. The lowest BCUT2D eigenvalue weighted by Gasteiger charge is -2.16. The summed E-state index contributed by atoms with van der Waals surface area (Å²) in [5.74, 6) is 0.376. The maximum Gasteiger partial charge on any atom is 0.334 e. The van der Waals surface area contributed by atoms with Crippen molar-refractivity contribution < 1.29 is 9.53 Å². The van der Waals surface area contributed by atoms with E-state index in [0.717, 1.165) is 0 Å². The van der Waals surface area contributed by atoms with Crippen LogP contribution in [0, 0.1) is 0 Å². The molecule has 1 rings (SSSR count). The molecule has 1 aromatic carbocycles. The van der Waals surface area contributed by atoms with E-state index in [4.69, 9.17) is 39.5 Å². The molecule has 0 aliphatic rings. The van der Waals surface area contributed by atoms with Crippen LogP contribution in [-0.2, 0) is 4.79 Å². The molecule has 0 N–H and O–H groups in total. The van der Waals surface area contributed by atoms with Crippen LogP contribution in [0.15, 0.2) is 30.3 Å². The summed E-state index contributed by atoms with van der Waals surface area (Å²) in [5.41, 5.74) is 0. The standard InChI is InChI=1S/C8H5Cl3O2/c9-7(12)8(10,11)13-6-4-2-1-3-5-6/h1-5H. The van der Waals surface area contributed by atoms with Gasteiger partial charge in [0.25, 0.3) is 5.24 Å². The van der Waals surface area contributed by atoms with E-state index in [1.165, 1.54) is 0 Å². The number of para-hydroxylation sites is 1. The number of ether oxygens (including phenoxy) is 1. The summed E-state index contributed by atoms with van der Waals surface area (Å²) in [5, 5.41) is -0.973. The Labute approximate surface area is 90.3 Å². The van der Waals surface area contributed by atoms with Crippen molar-refractivity contribution in [2.45, 2.75) is 4.52 Å². The highest BCUT2D eigenvalue weighted by atomic mass is 35.5. The second-order valence-corrected chi connectivity index (χ2v) is 3.81. The van der Waals surface area contributed by atoms with Crippen LogP contribution in [0.5, 0.6) is 5.75 Å². The van der Waals surface area contributed by atoms with E-state index in [-0.39, 0.29) is 0 Å². The molecule has 0 fully saturated rings. The fraction of sp³-hybridized carbons (Fsp3) is 0.125. The fourth-order valence-corrected chi connectivity index (χ4v) is 0.893. The highest BCUT2D eigenvalue weighted by Gasteiger charge is 2.34. The molecule has 70 valence electrons. The molecule has 0 heterocycles. The third kappa shape index (κ3) is 3.07. The molecule has 0 saturated carbocycles. The van der Waals surface area contributed by atoms with Crippen molar-refractivity contribution in [3.8, 4) is 5.75 Å². The molecule has 2 nitrogen and oxygen atoms in total. The van der Waals surface area contributed by atoms with Gasteiger partial charge < -0.3 is 4.74 Å². The van der Waals surface area contributed by atoms with Crippen LogP contribution in [0.1, 0.15) is 0 Å². The van der Waals surface area contributed by atoms with Gasteiger partial charge in [-0.2, -0.15) is 0 Å². The van der Waals surface area contributed by atoms with Crippen LogP contribution in [0.3, 0.4) is 0 Å². The van der Waals surface area contributed by atoms with E-state index in [9.17, 15) is 4.79 Å². The summed E-state index contributed by atoms with van der Waals surface area (Å²) in [4.78, 5) is 10.6. The van der Waals surface area contributed by atoms with Crippen LogP contribution in [0.25, 0.3) is 0 Å². The van der Waals surface area contributed by atoms with Gasteiger partial charge in [-0.1, -0.05) is 18.2 Å². The lowest BCUT2D eigenvalue weighted by molar-refractivity contribution is -0.116. The molecule has 0 aliphatic carbocycles. The van der Waals surface area contributed by atoms with Gasteiger partial charge in [0.15, 0.2) is 0 Å². The molecular weight excluding hydrogens is 234 g/mol. The van der Waals surface area contributed by atoms with E-state index in [1.54, 1.807) is 30.3 Å². The van der Waals surface area contributed by atoms with Crippen LogP contribution < -0.4 is 4.74 Å². The fourth-order valence-electron chi connectivity index (χ4n) is 0.677. The Morgan fingerprint density at radius 3 is 2.23 bits per heavy atom. The molecule has 0 amide bonds. The van der Waals surface area contributed by atoms with E-state index in [1.807, 2.05) is 0 Å². The first-order chi connectivity index (χ1) is 6.02. The first kappa shape index (κ1) is 10.6. The molecule has 0 saturated heterocycles. The lowest BCUT2D eigenvalue weighted by atomic mass is 10.3. The Bertz CT molecular complexity index is 298. The summed E-state index contributed by atoms with van der Waals surface area (Å²) in [7, 11) is 0.